The monoisotopic (exact) mass is 357 g/mol. The van der Waals surface area contributed by atoms with E-state index in [0.29, 0.717) is 6.54 Å². The maximum atomic E-state index is 12.2. The average molecular weight is 357 g/mol. The predicted octanol–water partition coefficient (Wildman–Crippen LogP) is 2.87. The summed E-state index contributed by atoms with van der Waals surface area (Å²) in [4.78, 5) is 26.6. The van der Waals surface area contributed by atoms with E-state index in [9.17, 15) is 9.59 Å². The van der Waals surface area contributed by atoms with Crippen molar-refractivity contribution in [3.8, 4) is 0 Å². The number of anilines is 1. The number of hydrogen-bond acceptors (Lipinski definition) is 3. The van der Waals surface area contributed by atoms with Gasteiger partial charge < -0.3 is 10.6 Å². The fourth-order valence-electron chi connectivity index (χ4n) is 4.34. The SMILES string of the molecule is Cc1cccc(NC(=O)CNC(=O)CN2CC[C@@H]3CCCC[C@@H]3C2)c1C. The molecule has 3 rings (SSSR count). The van der Waals surface area contributed by atoms with Gasteiger partial charge in [0.25, 0.3) is 0 Å². The number of nitrogens with zero attached hydrogens (tertiary/aromatic N) is 1. The van der Waals surface area contributed by atoms with Crippen molar-refractivity contribution in [3.05, 3.63) is 29.3 Å². The van der Waals surface area contributed by atoms with E-state index in [2.05, 4.69) is 15.5 Å². The number of piperidine rings is 1. The molecule has 5 nitrogen and oxygen atoms in total. The van der Waals surface area contributed by atoms with Gasteiger partial charge in [-0.2, -0.15) is 0 Å². The Kier molecular flexibility index (Phi) is 6.30. The Balaban J connectivity index is 1.41. The van der Waals surface area contributed by atoms with E-state index in [0.717, 1.165) is 41.7 Å². The average Bonchev–Trinajstić information content (AvgIpc) is 2.64. The molecule has 0 spiro atoms. The summed E-state index contributed by atoms with van der Waals surface area (Å²) in [5.41, 5.74) is 3.00. The zero-order chi connectivity index (χ0) is 18.5. The van der Waals surface area contributed by atoms with Gasteiger partial charge >= 0.3 is 0 Å². The number of nitrogens with one attached hydrogen (secondary N) is 2. The third-order valence-corrected chi connectivity index (χ3v) is 6.07. The lowest BCUT2D eigenvalue weighted by atomic mass is 9.75. The summed E-state index contributed by atoms with van der Waals surface area (Å²) >= 11 is 0. The molecule has 1 saturated carbocycles. The van der Waals surface area contributed by atoms with E-state index >= 15 is 0 Å². The zero-order valence-electron chi connectivity index (χ0n) is 16.0. The van der Waals surface area contributed by atoms with E-state index < -0.39 is 0 Å². The predicted molar refractivity (Wildman–Crippen MR) is 104 cm³/mol. The van der Waals surface area contributed by atoms with Crippen LogP contribution in [0.2, 0.25) is 0 Å². The van der Waals surface area contributed by atoms with Crippen molar-refractivity contribution in [3.63, 3.8) is 0 Å². The first-order chi connectivity index (χ1) is 12.5. The molecule has 2 fully saturated rings. The summed E-state index contributed by atoms with van der Waals surface area (Å²) < 4.78 is 0. The van der Waals surface area contributed by atoms with Crippen LogP contribution in [0.4, 0.5) is 5.69 Å². The maximum absolute atomic E-state index is 12.2. The molecule has 2 N–H and O–H groups in total. The highest BCUT2D eigenvalue weighted by Crippen LogP contribution is 2.35. The minimum absolute atomic E-state index is 0.0199. The Morgan fingerprint density at radius 1 is 1.08 bits per heavy atom. The van der Waals surface area contributed by atoms with E-state index in [-0.39, 0.29) is 18.4 Å². The van der Waals surface area contributed by atoms with Gasteiger partial charge in [0.15, 0.2) is 0 Å². The van der Waals surface area contributed by atoms with Crippen LogP contribution in [-0.4, -0.2) is 42.9 Å². The molecule has 1 aromatic rings. The summed E-state index contributed by atoms with van der Waals surface area (Å²) in [7, 11) is 0. The summed E-state index contributed by atoms with van der Waals surface area (Å²) in [6, 6.07) is 5.82. The fraction of sp³-hybridized carbons (Fsp3) is 0.619. The molecule has 2 atom stereocenters. The second kappa shape index (κ2) is 8.67. The Bertz CT molecular complexity index is 659. The van der Waals surface area contributed by atoms with Crippen LogP contribution in [0, 0.1) is 25.7 Å². The molecule has 1 aliphatic heterocycles. The number of hydrogen-bond donors (Lipinski definition) is 2. The van der Waals surface area contributed by atoms with Gasteiger partial charge in [0.05, 0.1) is 13.1 Å². The van der Waals surface area contributed by atoms with Gasteiger partial charge in [-0.25, -0.2) is 0 Å². The smallest absolute Gasteiger partial charge is 0.243 e. The van der Waals surface area contributed by atoms with Gasteiger partial charge in [0, 0.05) is 12.2 Å². The quantitative estimate of drug-likeness (QED) is 0.852. The van der Waals surface area contributed by atoms with Crippen molar-refractivity contribution in [2.45, 2.75) is 46.0 Å². The van der Waals surface area contributed by atoms with Crippen molar-refractivity contribution in [1.82, 2.24) is 10.2 Å². The number of benzene rings is 1. The molecular weight excluding hydrogens is 326 g/mol. The zero-order valence-corrected chi connectivity index (χ0v) is 16.0. The normalized spacial score (nSPS) is 23.2. The van der Waals surface area contributed by atoms with Crippen LogP contribution in [0.1, 0.15) is 43.2 Å². The molecule has 1 aliphatic carbocycles. The topological polar surface area (TPSA) is 61.4 Å². The second-order valence-electron chi connectivity index (χ2n) is 7.90. The molecule has 26 heavy (non-hydrogen) atoms. The van der Waals surface area contributed by atoms with Gasteiger partial charge in [0.1, 0.15) is 0 Å². The number of rotatable bonds is 5. The summed E-state index contributed by atoms with van der Waals surface area (Å²) in [5.74, 6) is 1.39. The third-order valence-electron chi connectivity index (χ3n) is 6.07. The molecule has 0 radical (unpaired) electrons. The van der Waals surface area contributed by atoms with Crippen molar-refractivity contribution in [1.29, 1.82) is 0 Å². The van der Waals surface area contributed by atoms with Crippen LogP contribution in [0.3, 0.4) is 0 Å². The molecule has 0 unspecified atom stereocenters. The Labute approximate surface area is 156 Å². The van der Waals surface area contributed by atoms with Crippen LogP contribution in [0.5, 0.6) is 0 Å². The molecule has 2 aliphatic rings. The van der Waals surface area contributed by atoms with Gasteiger partial charge in [-0.1, -0.05) is 31.4 Å². The molecule has 1 saturated heterocycles. The fourth-order valence-corrected chi connectivity index (χ4v) is 4.34. The van der Waals surface area contributed by atoms with E-state index in [1.54, 1.807) is 0 Å². The largest absolute Gasteiger partial charge is 0.346 e. The molecule has 0 bridgehead atoms. The maximum Gasteiger partial charge on any atom is 0.243 e. The third kappa shape index (κ3) is 4.85. The van der Waals surface area contributed by atoms with Crippen molar-refractivity contribution in [2.24, 2.45) is 11.8 Å². The number of carbonyl (C=O) groups excluding carboxylic acids is 2. The first-order valence-corrected chi connectivity index (χ1v) is 9.88. The van der Waals surface area contributed by atoms with Crippen LogP contribution in [-0.2, 0) is 9.59 Å². The molecular formula is C21H31N3O2. The lowest BCUT2D eigenvalue weighted by molar-refractivity contribution is -0.125. The first kappa shape index (κ1) is 18.9. The van der Waals surface area contributed by atoms with Crippen LogP contribution in [0.25, 0.3) is 0 Å². The Hall–Kier alpha value is -1.88. The van der Waals surface area contributed by atoms with E-state index in [4.69, 9.17) is 0 Å². The first-order valence-electron chi connectivity index (χ1n) is 9.88. The lowest BCUT2D eigenvalue weighted by Crippen LogP contribution is -2.47. The van der Waals surface area contributed by atoms with E-state index in [1.807, 2.05) is 32.0 Å². The Morgan fingerprint density at radius 2 is 1.85 bits per heavy atom. The van der Waals surface area contributed by atoms with Crippen molar-refractivity contribution >= 4 is 17.5 Å². The molecule has 1 aromatic carbocycles. The highest BCUT2D eigenvalue weighted by atomic mass is 16.2. The molecule has 0 aromatic heterocycles. The number of carbonyl (C=O) groups is 2. The highest BCUT2D eigenvalue weighted by molar-refractivity contribution is 5.95. The second-order valence-corrected chi connectivity index (χ2v) is 7.90. The van der Waals surface area contributed by atoms with Gasteiger partial charge in [-0.05, 0) is 62.3 Å². The highest BCUT2D eigenvalue weighted by Gasteiger charge is 2.31. The van der Waals surface area contributed by atoms with Gasteiger partial charge in [0.2, 0.25) is 11.8 Å². The molecule has 5 heteroatoms. The van der Waals surface area contributed by atoms with Gasteiger partial charge in [-0.3, -0.25) is 14.5 Å². The molecule has 2 amide bonds. The molecule has 1 heterocycles. The lowest BCUT2D eigenvalue weighted by Gasteiger charge is -2.41. The Morgan fingerprint density at radius 3 is 2.65 bits per heavy atom. The summed E-state index contributed by atoms with van der Waals surface area (Å²) in [6.07, 6.45) is 6.59. The number of amides is 2. The van der Waals surface area contributed by atoms with Crippen LogP contribution < -0.4 is 10.6 Å². The number of fused-ring (bicyclic) bond motifs is 1. The van der Waals surface area contributed by atoms with Crippen LogP contribution in [0.15, 0.2) is 18.2 Å². The molecule has 142 valence electrons. The van der Waals surface area contributed by atoms with Crippen LogP contribution >= 0.6 is 0 Å². The minimum Gasteiger partial charge on any atom is -0.346 e. The number of aryl methyl sites for hydroxylation is 1. The minimum atomic E-state index is -0.182. The number of likely N-dealkylation sites (tertiary alicyclic amines) is 1. The standard InChI is InChI=1S/C21H31N3O2/c1-15-6-5-9-19(16(15)2)23-20(25)12-22-21(26)14-24-11-10-17-7-3-4-8-18(17)13-24/h5-6,9,17-18H,3-4,7-8,10-14H2,1-2H3,(H,22,26)(H,23,25)/t17-,18+/m0/s1. The summed E-state index contributed by atoms with van der Waals surface area (Å²) in [6.45, 7) is 6.46. The van der Waals surface area contributed by atoms with Gasteiger partial charge in [-0.15, -0.1) is 0 Å². The summed E-state index contributed by atoms with van der Waals surface area (Å²) in [5, 5.41) is 5.64. The van der Waals surface area contributed by atoms with Crippen molar-refractivity contribution in [2.75, 3.05) is 31.5 Å². The van der Waals surface area contributed by atoms with Crippen molar-refractivity contribution < 1.29 is 9.59 Å². The van der Waals surface area contributed by atoms with E-state index in [1.165, 1.54) is 32.1 Å².